The largest absolute Gasteiger partial charge is 0.372 e. The minimum atomic E-state index is 1.18. The van der Waals surface area contributed by atoms with Crippen molar-refractivity contribution < 1.29 is 0 Å². The average molecular weight is 466 g/mol. The number of hydrogen-bond acceptors (Lipinski definition) is 3. The quantitative estimate of drug-likeness (QED) is 0.132. The highest BCUT2D eigenvalue weighted by Crippen LogP contribution is 2.26. The molecule has 0 aromatic carbocycles. The predicted molar refractivity (Wildman–Crippen MR) is 151 cm³/mol. The van der Waals surface area contributed by atoms with Crippen LogP contribution in [0.5, 0.6) is 0 Å². The maximum atomic E-state index is 2.77. The minimum Gasteiger partial charge on any atom is -0.372 e. The van der Waals surface area contributed by atoms with Crippen molar-refractivity contribution >= 4 is 0 Å². The van der Waals surface area contributed by atoms with Crippen LogP contribution in [-0.2, 0) is 0 Å². The van der Waals surface area contributed by atoms with Gasteiger partial charge in [0.25, 0.3) is 0 Å². The van der Waals surface area contributed by atoms with Gasteiger partial charge in [-0.1, -0.05) is 93.4 Å². The van der Waals surface area contributed by atoms with E-state index in [1.807, 2.05) is 0 Å². The van der Waals surface area contributed by atoms with E-state index in [1.165, 1.54) is 136 Å². The molecule has 3 nitrogen and oxygen atoms in total. The van der Waals surface area contributed by atoms with Crippen LogP contribution in [0, 0.1) is 0 Å². The molecule has 0 aromatic rings. The highest BCUT2D eigenvalue weighted by atomic mass is 15.3. The Kier molecular flexibility index (Phi) is 22.3. The Hall–Kier alpha value is -0.860. The number of allylic oxidation sites excluding steroid dienone is 1. The summed E-state index contributed by atoms with van der Waals surface area (Å²) in [7, 11) is 0. The van der Waals surface area contributed by atoms with E-state index in [9.17, 15) is 0 Å². The fourth-order valence-electron chi connectivity index (χ4n) is 5.05. The van der Waals surface area contributed by atoms with E-state index >= 15 is 0 Å². The number of nitrogens with zero attached hydrogens (tertiary/aromatic N) is 3. The number of rotatable bonds is 24. The van der Waals surface area contributed by atoms with E-state index in [0.717, 1.165) is 0 Å². The van der Waals surface area contributed by atoms with Gasteiger partial charge in [0.05, 0.1) is 5.70 Å². The summed E-state index contributed by atoms with van der Waals surface area (Å²) in [5.74, 6) is 1.59. The summed E-state index contributed by atoms with van der Waals surface area (Å²) in [6, 6.07) is 0. The van der Waals surface area contributed by atoms with E-state index in [1.54, 1.807) is 11.5 Å². The summed E-state index contributed by atoms with van der Waals surface area (Å²) in [4.78, 5) is 8.28. The smallest absolute Gasteiger partial charge is 0.124 e. The molecule has 0 aromatic heterocycles. The predicted octanol–water partition coefficient (Wildman–Crippen LogP) is 9.05. The summed E-state index contributed by atoms with van der Waals surface area (Å²) in [6.07, 6.45) is 19.8. The van der Waals surface area contributed by atoms with Gasteiger partial charge in [-0.05, 0) is 51.4 Å². The van der Waals surface area contributed by atoms with Gasteiger partial charge in [0.1, 0.15) is 5.82 Å². The molecule has 0 rings (SSSR count). The second-order valence-electron chi connectivity index (χ2n) is 9.96. The SMILES string of the molecule is CCCCCCCCCCC(=C(N(CCC)CCC)N(CCC)CCC)N(CCC)CCC. The molecule has 0 saturated heterocycles. The van der Waals surface area contributed by atoms with E-state index in [2.05, 4.69) is 63.2 Å². The van der Waals surface area contributed by atoms with E-state index < -0.39 is 0 Å². The second kappa shape index (κ2) is 22.9. The van der Waals surface area contributed by atoms with Gasteiger partial charge in [-0.3, -0.25) is 0 Å². The van der Waals surface area contributed by atoms with Crippen molar-refractivity contribution in [3.63, 3.8) is 0 Å². The Balaban J connectivity index is 5.89. The third-order valence-electron chi connectivity index (χ3n) is 6.47. The van der Waals surface area contributed by atoms with Crippen LogP contribution in [0.3, 0.4) is 0 Å². The Labute approximate surface area is 210 Å². The molecule has 0 aliphatic carbocycles. The van der Waals surface area contributed by atoms with Crippen LogP contribution in [0.15, 0.2) is 11.5 Å². The van der Waals surface area contributed by atoms with E-state index in [4.69, 9.17) is 0 Å². The van der Waals surface area contributed by atoms with Crippen LogP contribution in [0.2, 0.25) is 0 Å². The zero-order valence-electron chi connectivity index (χ0n) is 24.2. The summed E-state index contributed by atoms with van der Waals surface area (Å²) in [5.41, 5.74) is 1.66. The van der Waals surface area contributed by atoms with Gasteiger partial charge < -0.3 is 14.7 Å². The molecule has 0 aliphatic heterocycles. The van der Waals surface area contributed by atoms with Gasteiger partial charge in [0, 0.05) is 39.3 Å². The van der Waals surface area contributed by atoms with Crippen molar-refractivity contribution in [2.75, 3.05) is 39.3 Å². The zero-order chi connectivity index (χ0) is 24.7. The van der Waals surface area contributed by atoms with Crippen LogP contribution >= 0.6 is 0 Å². The van der Waals surface area contributed by atoms with Crippen molar-refractivity contribution in [1.29, 1.82) is 0 Å². The molecule has 0 fully saturated rings. The molecule has 0 radical (unpaired) electrons. The summed E-state index contributed by atoms with van der Waals surface area (Å²) >= 11 is 0. The normalized spacial score (nSPS) is 11.0. The van der Waals surface area contributed by atoms with Crippen LogP contribution in [-0.4, -0.2) is 54.0 Å². The molecule has 33 heavy (non-hydrogen) atoms. The van der Waals surface area contributed by atoms with Crippen molar-refractivity contribution in [3.8, 4) is 0 Å². The van der Waals surface area contributed by atoms with Crippen molar-refractivity contribution in [3.05, 3.63) is 11.5 Å². The molecule has 0 bridgehead atoms. The Morgan fingerprint density at radius 1 is 0.364 bits per heavy atom. The molecule has 0 N–H and O–H groups in total. The maximum Gasteiger partial charge on any atom is 0.124 e. The first-order valence-corrected chi connectivity index (χ1v) is 15.1. The second-order valence-corrected chi connectivity index (χ2v) is 9.96. The molecular weight excluding hydrogens is 402 g/mol. The lowest BCUT2D eigenvalue weighted by atomic mass is 10.0. The fraction of sp³-hybridized carbons (Fsp3) is 0.933. The van der Waals surface area contributed by atoms with Crippen molar-refractivity contribution in [1.82, 2.24) is 14.7 Å². The van der Waals surface area contributed by atoms with Gasteiger partial charge in [-0.2, -0.15) is 0 Å². The molecule has 198 valence electrons. The zero-order valence-corrected chi connectivity index (χ0v) is 24.2. The lowest BCUT2D eigenvalue weighted by molar-refractivity contribution is 0.182. The monoisotopic (exact) mass is 466 g/mol. The first kappa shape index (κ1) is 32.1. The molecule has 3 heteroatoms. The highest BCUT2D eigenvalue weighted by Gasteiger charge is 2.23. The number of hydrogen-bond donors (Lipinski definition) is 0. The summed E-state index contributed by atoms with van der Waals surface area (Å²) in [5, 5.41) is 0. The average Bonchev–Trinajstić information content (AvgIpc) is 2.80. The van der Waals surface area contributed by atoms with Gasteiger partial charge in [-0.15, -0.1) is 0 Å². The van der Waals surface area contributed by atoms with E-state index in [-0.39, 0.29) is 0 Å². The maximum absolute atomic E-state index is 2.77. The minimum absolute atomic E-state index is 1.18. The first-order valence-electron chi connectivity index (χ1n) is 15.1. The van der Waals surface area contributed by atoms with Gasteiger partial charge in [-0.25, -0.2) is 0 Å². The lowest BCUT2D eigenvalue weighted by Gasteiger charge is -2.41. The molecule has 0 atom stereocenters. The van der Waals surface area contributed by atoms with Crippen molar-refractivity contribution in [2.45, 2.75) is 145 Å². The summed E-state index contributed by atoms with van der Waals surface area (Å²) in [6.45, 7) is 23.5. The van der Waals surface area contributed by atoms with Crippen LogP contribution in [0.4, 0.5) is 0 Å². The van der Waals surface area contributed by atoms with E-state index in [0.29, 0.717) is 0 Å². The number of unbranched alkanes of at least 4 members (excludes halogenated alkanes) is 7. The van der Waals surface area contributed by atoms with Crippen LogP contribution < -0.4 is 0 Å². The van der Waals surface area contributed by atoms with Gasteiger partial charge in [0.15, 0.2) is 0 Å². The summed E-state index contributed by atoms with van der Waals surface area (Å²) < 4.78 is 0. The molecule has 0 heterocycles. The Bertz CT molecular complexity index is 410. The van der Waals surface area contributed by atoms with Gasteiger partial charge >= 0.3 is 0 Å². The third-order valence-corrected chi connectivity index (χ3v) is 6.47. The molecule has 0 amide bonds. The van der Waals surface area contributed by atoms with Gasteiger partial charge in [0.2, 0.25) is 0 Å². The molecule has 0 spiro atoms. The van der Waals surface area contributed by atoms with Crippen LogP contribution in [0.1, 0.15) is 145 Å². The highest BCUT2D eigenvalue weighted by molar-refractivity contribution is 5.13. The lowest BCUT2D eigenvalue weighted by Crippen LogP contribution is -2.41. The molecule has 0 aliphatic rings. The molecule has 0 unspecified atom stereocenters. The Morgan fingerprint density at radius 2 is 0.697 bits per heavy atom. The van der Waals surface area contributed by atoms with Crippen LogP contribution in [0.25, 0.3) is 0 Å². The molecule has 0 saturated carbocycles. The topological polar surface area (TPSA) is 9.72 Å². The first-order chi connectivity index (χ1) is 16.1. The molecular formula is C30H63N3. The fourth-order valence-corrected chi connectivity index (χ4v) is 5.05. The standard InChI is InChI=1S/C30H63N3/c1-8-15-16-17-18-19-20-21-22-29(31(23-9-2)24-10-3)30(32(25-11-4)26-12-5)33(27-13-6)28-14-7/h8-28H2,1-7H3. The van der Waals surface area contributed by atoms with Crippen molar-refractivity contribution in [2.24, 2.45) is 0 Å². The Morgan fingerprint density at radius 3 is 1.06 bits per heavy atom. The third kappa shape index (κ3) is 14.2.